The van der Waals surface area contributed by atoms with Gasteiger partial charge in [0.1, 0.15) is 0 Å². The molecule has 0 atom stereocenters. The minimum atomic E-state index is -0.270. The first kappa shape index (κ1) is 13.2. The van der Waals surface area contributed by atoms with Crippen LogP contribution in [0.5, 0.6) is 0 Å². The van der Waals surface area contributed by atoms with Crippen LogP contribution in [0.3, 0.4) is 0 Å². The number of alkyl halides is 1. The molecule has 5 heteroatoms. The number of carbonyl (C=O) groups excluding carboxylic acids is 2. The normalized spacial score (nSPS) is 10.9. The molecule has 4 nitrogen and oxygen atoms in total. The Labute approximate surface area is 89.4 Å². The highest BCUT2D eigenvalue weighted by atomic mass is 35.5. The lowest BCUT2D eigenvalue weighted by atomic mass is 10.1. The average Bonchev–Trinajstić information content (AvgIpc) is 1.98. The maximum atomic E-state index is 11.2. The summed E-state index contributed by atoms with van der Waals surface area (Å²) < 4.78 is 0. The molecule has 0 bridgehead atoms. The van der Waals surface area contributed by atoms with Gasteiger partial charge in [-0.15, -0.1) is 11.6 Å². The Morgan fingerprint density at radius 1 is 1.21 bits per heavy atom. The number of carbonyl (C=O) groups is 2. The number of hydrogen-bond acceptors (Lipinski definition) is 2. The summed E-state index contributed by atoms with van der Waals surface area (Å²) >= 11 is 5.36. The van der Waals surface area contributed by atoms with Crippen molar-refractivity contribution in [2.75, 3.05) is 12.4 Å². The molecule has 0 fully saturated rings. The van der Waals surface area contributed by atoms with Gasteiger partial charge in [-0.2, -0.15) is 0 Å². The fourth-order valence-corrected chi connectivity index (χ4v) is 0.987. The third-order valence-electron chi connectivity index (χ3n) is 1.28. The lowest BCUT2D eigenvalue weighted by Gasteiger charge is -2.20. The maximum Gasteiger partial charge on any atom is 0.239 e. The molecule has 0 aliphatic heterocycles. The van der Waals surface area contributed by atoms with Crippen LogP contribution in [-0.4, -0.2) is 29.8 Å². The fraction of sp³-hybridized carbons (Fsp3) is 0.778. The highest BCUT2D eigenvalue weighted by Crippen LogP contribution is 1.97. The predicted molar refractivity (Wildman–Crippen MR) is 56.2 cm³/mol. The second-order valence-electron chi connectivity index (χ2n) is 4.01. The molecule has 0 saturated heterocycles. The third-order valence-corrected chi connectivity index (χ3v) is 1.47. The summed E-state index contributed by atoms with van der Waals surface area (Å²) in [7, 11) is 0. The molecule has 0 radical (unpaired) electrons. The zero-order valence-corrected chi connectivity index (χ0v) is 9.57. The standard InChI is InChI=1S/C9H17ClN2O2/c1-9(2,3)12-8(14)6-11-7(13)4-5-10/h4-6H2,1-3H3,(H,11,13)(H,12,14). The van der Waals surface area contributed by atoms with E-state index in [9.17, 15) is 9.59 Å². The second-order valence-corrected chi connectivity index (χ2v) is 4.39. The van der Waals surface area contributed by atoms with Gasteiger partial charge in [-0.05, 0) is 20.8 Å². The van der Waals surface area contributed by atoms with E-state index >= 15 is 0 Å². The van der Waals surface area contributed by atoms with Gasteiger partial charge >= 0.3 is 0 Å². The Kier molecular flexibility index (Phi) is 5.53. The molecular weight excluding hydrogens is 204 g/mol. The number of rotatable bonds is 4. The van der Waals surface area contributed by atoms with Crippen LogP contribution < -0.4 is 10.6 Å². The predicted octanol–water partition coefficient (Wildman–Crippen LogP) is 0.646. The van der Waals surface area contributed by atoms with Crippen molar-refractivity contribution in [2.45, 2.75) is 32.7 Å². The monoisotopic (exact) mass is 220 g/mol. The van der Waals surface area contributed by atoms with Gasteiger partial charge in [0, 0.05) is 17.8 Å². The number of hydrogen-bond donors (Lipinski definition) is 2. The molecule has 2 amide bonds. The number of amides is 2. The van der Waals surface area contributed by atoms with E-state index in [1.165, 1.54) is 0 Å². The average molecular weight is 221 g/mol. The number of halogens is 1. The van der Waals surface area contributed by atoms with Crippen molar-refractivity contribution < 1.29 is 9.59 Å². The highest BCUT2D eigenvalue weighted by Gasteiger charge is 2.13. The lowest BCUT2D eigenvalue weighted by molar-refractivity contribution is -0.126. The van der Waals surface area contributed by atoms with Gasteiger partial charge in [0.2, 0.25) is 11.8 Å². The van der Waals surface area contributed by atoms with Crippen LogP contribution in [-0.2, 0) is 9.59 Å². The van der Waals surface area contributed by atoms with Crippen LogP contribution >= 0.6 is 11.6 Å². The molecule has 0 aromatic heterocycles. The highest BCUT2D eigenvalue weighted by molar-refractivity contribution is 6.18. The van der Waals surface area contributed by atoms with E-state index in [0.29, 0.717) is 0 Å². The topological polar surface area (TPSA) is 58.2 Å². The van der Waals surface area contributed by atoms with Gasteiger partial charge in [-0.3, -0.25) is 9.59 Å². The van der Waals surface area contributed by atoms with Gasteiger partial charge in [0.25, 0.3) is 0 Å². The summed E-state index contributed by atoms with van der Waals surface area (Å²) in [4.78, 5) is 22.1. The summed E-state index contributed by atoms with van der Waals surface area (Å²) in [5.74, 6) is -0.128. The zero-order chi connectivity index (χ0) is 11.2. The minimum absolute atomic E-state index is 0.00694. The Bertz CT molecular complexity index is 211. The smallest absolute Gasteiger partial charge is 0.239 e. The van der Waals surface area contributed by atoms with Crippen molar-refractivity contribution in [1.29, 1.82) is 0 Å². The van der Waals surface area contributed by atoms with Crippen LogP contribution in [0.15, 0.2) is 0 Å². The molecule has 0 aromatic carbocycles. The number of nitrogens with one attached hydrogen (secondary N) is 2. The van der Waals surface area contributed by atoms with Crippen LogP contribution in [0.1, 0.15) is 27.2 Å². The van der Waals surface area contributed by atoms with E-state index < -0.39 is 0 Å². The summed E-state index contributed by atoms with van der Waals surface area (Å²) in [6.45, 7) is 5.65. The first-order valence-electron chi connectivity index (χ1n) is 4.49. The van der Waals surface area contributed by atoms with Gasteiger partial charge in [-0.25, -0.2) is 0 Å². The molecule has 0 aromatic rings. The quantitative estimate of drug-likeness (QED) is 0.684. The summed E-state index contributed by atoms with van der Waals surface area (Å²) in [5.41, 5.74) is -0.270. The van der Waals surface area contributed by atoms with Crippen LogP contribution in [0.25, 0.3) is 0 Å². The fourth-order valence-electron chi connectivity index (χ4n) is 0.816. The summed E-state index contributed by atoms with van der Waals surface area (Å²) in [6.07, 6.45) is 0.240. The molecule has 0 spiro atoms. The van der Waals surface area contributed by atoms with E-state index in [1.54, 1.807) is 0 Å². The van der Waals surface area contributed by atoms with Crippen LogP contribution in [0.4, 0.5) is 0 Å². The van der Waals surface area contributed by atoms with Crippen molar-refractivity contribution in [2.24, 2.45) is 0 Å². The molecule has 0 rings (SSSR count). The molecule has 0 unspecified atom stereocenters. The Balaban J connectivity index is 3.70. The van der Waals surface area contributed by atoms with E-state index in [0.717, 1.165) is 0 Å². The van der Waals surface area contributed by atoms with Gasteiger partial charge < -0.3 is 10.6 Å². The molecular formula is C9H17ClN2O2. The van der Waals surface area contributed by atoms with Crippen molar-refractivity contribution in [1.82, 2.24) is 10.6 Å². The van der Waals surface area contributed by atoms with Crippen molar-refractivity contribution in [3.05, 3.63) is 0 Å². The Morgan fingerprint density at radius 3 is 2.21 bits per heavy atom. The van der Waals surface area contributed by atoms with Crippen molar-refractivity contribution in [3.63, 3.8) is 0 Å². The van der Waals surface area contributed by atoms with E-state index in [-0.39, 0.29) is 36.2 Å². The van der Waals surface area contributed by atoms with E-state index in [1.807, 2.05) is 20.8 Å². The first-order valence-corrected chi connectivity index (χ1v) is 5.02. The summed E-state index contributed by atoms with van der Waals surface area (Å²) in [5, 5.41) is 5.20. The zero-order valence-electron chi connectivity index (χ0n) is 8.82. The summed E-state index contributed by atoms with van der Waals surface area (Å²) in [6, 6.07) is 0. The maximum absolute atomic E-state index is 11.2. The third kappa shape index (κ3) is 7.86. The van der Waals surface area contributed by atoms with E-state index in [2.05, 4.69) is 10.6 Å². The van der Waals surface area contributed by atoms with Gasteiger partial charge in [0.05, 0.1) is 6.54 Å². The molecule has 0 saturated carbocycles. The van der Waals surface area contributed by atoms with Crippen molar-refractivity contribution in [3.8, 4) is 0 Å². The Morgan fingerprint density at radius 2 is 1.79 bits per heavy atom. The largest absolute Gasteiger partial charge is 0.350 e. The van der Waals surface area contributed by atoms with Gasteiger partial charge in [0.15, 0.2) is 0 Å². The molecule has 0 heterocycles. The van der Waals surface area contributed by atoms with Crippen LogP contribution in [0, 0.1) is 0 Å². The Hall–Kier alpha value is -0.770. The molecule has 0 aliphatic rings. The lowest BCUT2D eigenvalue weighted by Crippen LogP contribution is -2.45. The van der Waals surface area contributed by atoms with Gasteiger partial charge in [-0.1, -0.05) is 0 Å². The van der Waals surface area contributed by atoms with Crippen molar-refractivity contribution >= 4 is 23.4 Å². The molecule has 14 heavy (non-hydrogen) atoms. The molecule has 82 valence electrons. The van der Waals surface area contributed by atoms with Crippen LogP contribution in [0.2, 0.25) is 0 Å². The van der Waals surface area contributed by atoms with E-state index in [4.69, 9.17) is 11.6 Å². The SMILES string of the molecule is CC(C)(C)NC(=O)CNC(=O)CCCl. The second kappa shape index (κ2) is 5.86. The molecule has 2 N–H and O–H groups in total. The first-order chi connectivity index (χ1) is 6.35. The minimum Gasteiger partial charge on any atom is -0.350 e. The molecule has 0 aliphatic carbocycles.